The minimum absolute atomic E-state index is 0.155. The zero-order valence-corrected chi connectivity index (χ0v) is 9.25. The van der Waals surface area contributed by atoms with Crippen LogP contribution in [0.4, 0.5) is 5.95 Å². The number of aryl methyl sites for hydroxylation is 1. The number of carbonyl (C=O) groups is 1. The minimum atomic E-state index is -0.155. The van der Waals surface area contributed by atoms with Crippen LogP contribution in [0.5, 0.6) is 6.01 Å². The average molecular weight is 236 g/mol. The lowest BCUT2D eigenvalue weighted by atomic mass is 10.4. The Kier molecular flexibility index (Phi) is 3.34. The summed E-state index contributed by atoms with van der Waals surface area (Å²) in [4.78, 5) is 19.3. The summed E-state index contributed by atoms with van der Waals surface area (Å²) in [6.07, 6.45) is 5.45. The molecule has 0 unspecified atom stereocenters. The van der Waals surface area contributed by atoms with Crippen LogP contribution < -0.4 is 10.1 Å². The first-order valence-electron chi connectivity index (χ1n) is 5.00. The lowest BCUT2D eigenvalue weighted by Crippen LogP contribution is -2.14. The number of carbonyl (C=O) groups excluding carboxylic acids is 1. The second-order valence-electron chi connectivity index (χ2n) is 3.27. The van der Waals surface area contributed by atoms with Crippen molar-refractivity contribution in [2.75, 3.05) is 12.4 Å². The van der Waals surface area contributed by atoms with Gasteiger partial charge < -0.3 is 9.30 Å². The Morgan fingerprint density at radius 1 is 1.65 bits per heavy atom. The maximum atomic E-state index is 11.5. The predicted molar refractivity (Wildman–Crippen MR) is 58.4 cm³/mol. The molecule has 1 amide bonds. The largest absolute Gasteiger partial charge is 0.466 e. The topological polar surface area (TPSA) is 97.7 Å². The molecule has 0 fully saturated rings. The maximum Gasteiger partial charge on any atom is 0.336 e. The number of methoxy groups -OCH3 is 1. The number of nitrogens with zero attached hydrogens (tertiary/aromatic N) is 4. The molecule has 2 heterocycles. The monoisotopic (exact) mass is 236 g/mol. The number of ether oxygens (including phenoxy) is 1. The van der Waals surface area contributed by atoms with Crippen LogP contribution in [0.1, 0.15) is 6.42 Å². The molecule has 8 heteroatoms. The molecular formula is C9H12N6O2. The summed E-state index contributed by atoms with van der Waals surface area (Å²) in [7, 11) is 1.45. The summed E-state index contributed by atoms with van der Waals surface area (Å²) in [5.74, 6) is 0.120. The van der Waals surface area contributed by atoms with E-state index in [1.165, 1.54) is 7.11 Å². The number of hydrogen-bond acceptors (Lipinski definition) is 5. The summed E-state index contributed by atoms with van der Waals surface area (Å²) < 4.78 is 6.60. The summed E-state index contributed by atoms with van der Waals surface area (Å²) >= 11 is 0. The van der Waals surface area contributed by atoms with E-state index in [0.29, 0.717) is 13.0 Å². The van der Waals surface area contributed by atoms with Gasteiger partial charge >= 0.3 is 6.01 Å². The van der Waals surface area contributed by atoms with Crippen molar-refractivity contribution >= 4 is 11.9 Å². The molecule has 0 aromatic carbocycles. The molecule has 0 saturated carbocycles. The van der Waals surface area contributed by atoms with Gasteiger partial charge in [-0.25, -0.2) is 10.1 Å². The normalized spacial score (nSPS) is 10.2. The number of anilines is 1. The molecule has 0 saturated heterocycles. The molecule has 2 aromatic heterocycles. The molecule has 0 aliphatic heterocycles. The van der Waals surface area contributed by atoms with Crippen molar-refractivity contribution in [1.82, 2.24) is 24.7 Å². The maximum absolute atomic E-state index is 11.5. The molecule has 8 nitrogen and oxygen atoms in total. The number of nitrogens with one attached hydrogen (secondary N) is 2. The van der Waals surface area contributed by atoms with Crippen LogP contribution in [0.15, 0.2) is 18.7 Å². The van der Waals surface area contributed by atoms with Crippen molar-refractivity contribution in [1.29, 1.82) is 0 Å². The number of aromatic amines is 1. The summed E-state index contributed by atoms with van der Waals surface area (Å²) in [5.41, 5.74) is 0. The highest BCUT2D eigenvalue weighted by molar-refractivity contribution is 5.88. The van der Waals surface area contributed by atoms with Crippen molar-refractivity contribution < 1.29 is 9.53 Å². The minimum Gasteiger partial charge on any atom is -0.466 e. The first-order valence-corrected chi connectivity index (χ1v) is 5.00. The summed E-state index contributed by atoms with van der Waals surface area (Å²) in [5, 5.41) is 8.83. The van der Waals surface area contributed by atoms with Gasteiger partial charge in [-0.2, -0.15) is 4.98 Å². The SMILES string of the molecule is COc1n[nH]c(NC(=O)CCn2ccnc2)n1. The van der Waals surface area contributed by atoms with E-state index in [2.05, 4.69) is 25.5 Å². The molecule has 0 aliphatic rings. The average Bonchev–Trinajstić information content (AvgIpc) is 2.97. The molecule has 17 heavy (non-hydrogen) atoms. The van der Waals surface area contributed by atoms with Crippen LogP contribution in [0.3, 0.4) is 0 Å². The van der Waals surface area contributed by atoms with E-state index in [9.17, 15) is 4.79 Å². The Bertz CT molecular complexity index is 477. The van der Waals surface area contributed by atoms with Gasteiger partial charge in [-0.05, 0) is 0 Å². The van der Waals surface area contributed by atoms with Crippen LogP contribution in [0.2, 0.25) is 0 Å². The fourth-order valence-electron chi connectivity index (χ4n) is 1.24. The molecule has 2 N–H and O–H groups in total. The third-order valence-corrected chi connectivity index (χ3v) is 2.06. The van der Waals surface area contributed by atoms with E-state index in [1.807, 2.05) is 4.57 Å². The number of imidazole rings is 1. The number of aromatic nitrogens is 5. The molecule has 0 bridgehead atoms. The van der Waals surface area contributed by atoms with E-state index in [1.54, 1.807) is 18.7 Å². The standard InChI is InChI=1S/C9H12N6O2/c1-17-9-12-8(13-14-9)11-7(16)2-4-15-5-3-10-6-15/h3,5-6H,2,4H2,1H3,(H2,11,12,13,14,16). The third kappa shape index (κ3) is 3.03. The van der Waals surface area contributed by atoms with E-state index in [0.717, 1.165) is 0 Å². The smallest absolute Gasteiger partial charge is 0.336 e. The number of amides is 1. The van der Waals surface area contributed by atoms with Crippen LogP contribution in [0, 0.1) is 0 Å². The molecule has 0 spiro atoms. The lowest BCUT2D eigenvalue weighted by Gasteiger charge is -2.01. The fraction of sp³-hybridized carbons (Fsp3) is 0.333. The predicted octanol–water partition coefficient (Wildman–Crippen LogP) is 0.0386. The van der Waals surface area contributed by atoms with Gasteiger partial charge in [-0.15, -0.1) is 5.10 Å². The first kappa shape index (κ1) is 11.1. The highest BCUT2D eigenvalue weighted by atomic mass is 16.5. The molecule has 0 atom stereocenters. The second kappa shape index (κ2) is 5.10. The van der Waals surface area contributed by atoms with E-state index >= 15 is 0 Å². The van der Waals surface area contributed by atoms with Crippen molar-refractivity contribution in [3.8, 4) is 6.01 Å². The Balaban J connectivity index is 1.81. The van der Waals surface area contributed by atoms with Crippen LogP contribution in [-0.4, -0.2) is 37.7 Å². The van der Waals surface area contributed by atoms with Crippen LogP contribution in [-0.2, 0) is 11.3 Å². The van der Waals surface area contributed by atoms with Gasteiger partial charge in [-0.3, -0.25) is 10.1 Å². The van der Waals surface area contributed by atoms with Gasteiger partial charge in [0.1, 0.15) is 0 Å². The van der Waals surface area contributed by atoms with Gasteiger partial charge in [0.25, 0.3) is 0 Å². The van der Waals surface area contributed by atoms with Crippen molar-refractivity contribution in [2.45, 2.75) is 13.0 Å². The Morgan fingerprint density at radius 2 is 2.53 bits per heavy atom. The second-order valence-corrected chi connectivity index (χ2v) is 3.27. The number of H-pyrrole nitrogens is 1. The molecule has 2 aromatic rings. The van der Waals surface area contributed by atoms with Gasteiger partial charge in [0.15, 0.2) is 0 Å². The van der Waals surface area contributed by atoms with E-state index in [4.69, 9.17) is 4.74 Å². The van der Waals surface area contributed by atoms with Gasteiger partial charge in [0.2, 0.25) is 11.9 Å². The van der Waals surface area contributed by atoms with Gasteiger partial charge in [0.05, 0.1) is 13.4 Å². The van der Waals surface area contributed by atoms with Gasteiger partial charge in [-0.1, -0.05) is 0 Å². The quantitative estimate of drug-likeness (QED) is 0.763. The molecule has 90 valence electrons. The van der Waals surface area contributed by atoms with E-state index < -0.39 is 0 Å². The first-order chi connectivity index (χ1) is 8.28. The summed E-state index contributed by atoms with van der Waals surface area (Å²) in [6, 6.07) is 0.190. The molecular weight excluding hydrogens is 224 g/mol. The lowest BCUT2D eigenvalue weighted by molar-refractivity contribution is -0.116. The molecule has 0 aliphatic carbocycles. The Morgan fingerprint density at radius 3 is 3.18 bits per heavy atom. The fourth-order valence-corrected chi connectivity index (χ4v) is 1.24. The number of hydrogen-bond donors (Lipinski definition) is 2. The summed E-state index contributed by atoms with van der Waals surface area (Å²) in [6.45, 7) is 0.567. The molecule has 2 rings (SSSR count). The third-order valence-electron chi connectivity index (χ3n) is 2.06. The Hall–Kier alpha value is -2.38. The van der Waals surface area contributed by atoms with Crippen LogP contribution in [0.25, 0.3) is 0 Å². The van der Waals surface area contributed by atoms with Crippen molar-refractivity contribution in [2.24, 2.45) is 0 Å². The Labute approximate surface area is 97.0 Å². The van der Waals surface area contributed by atoms with Gasteiger partial charge in [0, 0.05) is 25.4 Å². The highest BCUT2D eigenvalue weighted by Gasteiger charge is 2.07. The highest BCUT2D eigenvalue weighted by Crippen LogP contribution is 2.04. The molecule has 0 radical (unpaired) electrons. The zero-order chi connectivity index (χ0) is 12.1. The van der Waals surface area contributed by atoms with E-state index in [-0.39, 0.29) is 17.9 Å². The number of rotatable bonds is 5. The van der Waals surface area contributed by atoms with Crippen molar-refractivity contribution in [3.63, 3.8) is 0 Å². The zero-order valence-electron chi connectivity index (χ0n) is 9.25. The van der Waals surface area contributed by atoms with Crippen molar-refractivity contribution in [3.05, 3.63) is 18.7 Å². The van der Waals surface area contributed by atoms with Crippen LogP contribution >= 0.6 is 0 Å².